The van der Waals surface area contributed by atoms with E-state index in [9.17, 15) is 4.79 Å². The number of anilines is 1. The van der Waals surface area contributed by atoms with Gasteiger partial charge in [0.25, 0.3) is 0 Å². The number of benzene rings is 1. The Morgan fingerprint density at radius 3 is 2.76 bits per heavy atom. The van der Waals surface area contributed by atoms with Crippen LogP contribution in [0.4, 0.5) is 5.69 Å². The summed E-state index contributed by atoms with van der Waals surface area (Å²) in [5, 5.41) is 0. The van der Waals surface area contributed by atoms with Gasteiger partial charge in [-0.15, -0.1) is 0 Å². The number of nitrogens with two attached hydrogens (primary N) is 1. The van der Waals surface area contributed by atoms with Crippen LogP contribution in [0.25, 0.3) is 0 Å². The highest BCUT2D eigenvalue weighted by molar-refractivity contribution is 9.10. The van der Waals surface area contributed by atoms with Crippen LogP contribution in [-0.2, 0) is 4.79 Å². The Labute approximate surface area is 111 Å². The van der Waals surface area contributed by atoms with Gasteiger partial charge in [0.1, 0.15) is 0 Å². The van der Waals surface area contributed by atoms with Crippen molar-refractivity contribution in [3.05, 3.63) is 28.2 Å². The average molecular weight is 299 g/mol. The summed E-state index contributed by atoms with van der Waals surface area (Å²) in [5.41, 5.74) is 7.56. The first-order valence-corrected chi connectivity index (χ1v) is 6.47. The lowest BCUT2D eigenvalue weighted by Gasteiger charge is -2.21. The molecule has 1 atom stereocenters. The summed E-state index contributed by atoms with van der Waals surface area (Å²) >= 11 is 3.42. The quantitative estimate of drug-likeness (QED) is 0.929. The number of hydrogen-bond donors (Lipinski definition) is 1. The summed E-state index contributed by atoms with van der Waals surface area (Å²) in [7, 11) is 1.81. The van der Waals surface area contributed by atoms with Gasteiger partial charge in [-0.1, -0.05) is 28.9 Å². The van der Waals surface area contributed by atoms with E-state index in [-0.39, 0.29) is 11.8 Å². The van der Waals surface area contributed by atoms with Gasteiger partial charge >= 0.3 is 0 Å². The normalized spacial score (nSPS) is 12.3. The van der Waals surface area contributed by atoms with Crippen LogP contribution in [0.1, 0.15) is 18.9 Å². The van der Waals surface area contributed by atoms with E-state index in [1.807, 2.05) is 32.0 Å². The molecular formula is C13H19BrN2O. The highest BCUT2D eigenvalue weighted by Crippen LogP contribution is 2.24. The van der Waals surface area contributed by atoms with E-state index < -0.39 is 0 Å². The predicted molar refractivity (Wildman–Crippen MR) is 75.1 cm³/mol. The molecule has 1 amide bonds. The lowest BCUT2D eigenvalue weighted by Crippen LogP contribution is -2.29. The molecule has 0 saturated heterocycles. The minimum atomic E-state index is 0.101. The molecule has 0 aliphatic rings. The zero-order valence-corrected chi connectivity index (χ0v) is 12.1. The molecule has 94 valence electrons. The second-order valence-electron chi connectivity index (χ2n) is 4.43. The Balaban J connectivity index is 2.84. The maximum atomic E-state index is 12.0. The number of aryl methyl sites for hydroxylation is 1. The van der Waals surface area contributed by atoms with E-state index in [4.69, 9.17) is 5.73 Å². The van der Waals surface area contributed by atoms with E-state index in [1.54, 1.807) is 11.9 Å². The first-order valence-electron chi connectivity index (χ1n) is 5.68. The van der Waals surface area contributed by atoms with E-state index >= 15 is 0 Å². The van der Waals surface area contributed by atoms with Crippen LogP contribution in [0, 0.1) is 12.8 Å². The Bertz CT molecular complexity index is 406. The fourth-order valence-corrected chi connectivity index (χ4v) is 1.95. The van der Waals surface area contributed by atoms with Gasteiger partial charge in [-0.25, -0.2) is 0 Å². The second-order valence-corrected chi connectivity index (χ2v) is 5.34. The van der Waals surface area contributed by atoms with E-state index in [2.05, 4.69) is 15.9 Å². The predicted octanol–water partition coefficient (Wildman–Crippen LogP) is 2.71. The van der Waals surface area contributed by atoms with Crippen LogP contribution in [-0.4, -0.2) is 19.5 Å². The molecule has 0 aliphatic heterocycles. The van der Waals surface area contributed by atoms with E-state index in [0.29, 0.717) is 13.0 Å². The molecule has 3 nitrogen and oxygen atoms in total. The third-order valence-corrected chi connectivity index (χ3v) is 3.33. The maximum absolute atomic E-state index is 12.0. The first kappa shape index (κ1) is 14.2. The molecule has 0 aromatic heterocycles. The molecule has 1 unspecified atom stereocenters. The van der Waals surface area contributed by atoms with Gasteiger partial charge < -0.3 is 10.6 Å². The Hall–Kier alpha value is -0.870. The van der Waals surface area contributed by atoms with Gasteiger partial charge in [0.2, 0.25) is 5.91 Å². The van der Waals surface area contributed by atoms with Crippen LogP contribution in [0.3, 0.4) is 0 Å². The van der Waals surface area contributed by atoms with Crippen molar-refractivity contribution in [2.24, 2.45) is 11.7 Å². The Morgan fingerprint density at radius 1 is 1.53 bits per heavy atom. The molecule has 0 saturated carbocycles. The van der Waals surface area contributed by atoms with Crippen LogP contribution < -0.4 is 10.6 Å². The number of halogens is 1. The van der Waals surface area contributed by atoms with Gasteiger partial charge in [-0.3, -0.25) is 4.79 Å². The summed E-state index contributed by atoms with van der Waals surface area (Å²) in [4.78, 5) is 13.7. The topological polar surface area (TPSA) is 46.3 Å². The summed E-state index contributed by atoms with van der Waals surface area (Å²) in [6, 6.07) is 5.93. The monoisotopic (exact) mass is 298 g/mol. The molecule has 0 radical (unpaired) electrons. The number of carbonyl (C=O) groups excluding carboxylic acids is 1. The smallest absolute Gasteiger partial charge is 0.227 e. The molecule has 4 heteroatoms. The average Bonchev–Trinajstić information content (AvgIpc) is 2.31. The van der Waals surface area contributed by atoms with Crippen molar-refractivity contribution < 1.29 is 4.79 Å². The van der Waals surface area contributed by atoms with Crippen molar-refractivity contribution >= 4 is 27.5 Å². The number of nitrogens with zero attached hydrogens (tertiary/aromatic N) is 1. The first-order chi connectivity index (χ1) is 7.95. The number of amides is 1. The Kier molecular flexibility index (Phi) is 5.15. The summed E-state index contributed by atoms with van der Waals surface area (Å²) in [6.45, 7) is 4.52. The molecule has 1 rings (SSSR count). The molecular weight excluding hydrogens is 280 g/mol. The van der Waals surface area contributed by atoms with Crippen molar-refractivity contribution in [2.45, 2.75) is 20.3 Å². The third-order valence-electron chi connectivity index (χ3n) is 2.83. The molecule has 17 heavy (non-hydrogen) atoms. The number of carbonyl (C=O) groups is 1. The summed E-state index contributed by atoms with van der Waals surface area (Å²) in [6.07, 6.45) is 0.485. The SMILES string of the molecule is Cc1ccc(Br)cc1N(C)C(=O)CC(C)CN. The van der Waals surface area contributed by atoms with Gasteiger partial charge in [-0.05, 0) is 37.1 Å². The highest BCUT2D eigenvalue weighted by atomic mass is 79.9. The van der Waals surface area contributed by atoms with Gasteiger partial charge in [-0.2, -0.15) is 0 Å². The molecule has 1 aromatic carbocycles. The zero-order chi connectivity index (χ0) is 13.0. The van der Waals surface area contributed by atoms with Crippen LogP contribution >= 0.6 is 15.9 Å². The molecule has 0 aliphatic carbocycles. The van der Waals surface area contributed by atoms with Gasteiger partial charge in [0, 0.05) is 23.6 Å². The fourth-order valence-electron chi connectivity index (χ4n) is 1.60. The van der Waals surface area contributed by atoms with Crippen molar-refractivity contribution in [3.8, 4) is 0 Å². The zero-order valence-electron chi connectivity index (χ0n) is 10.5. The lowest BCUT2D eigenvalue weighted by molar-refractivity contribution is -0.119. The third kappa shape index (κ3) is 3.82. The molecule has 0 bridgehead atoms. The minimum absolute atomic E-state index is 0.101. The molecule has 2 N–H and O–H groups in total. The van der Waals surface area contributed by atoms with E-state index in [0.717, 1.165) is 15.7 Å². The summed E-state index contributed by atoms with van der Waals surface area (Å²) in [5.74, 6) is 0.321. The minimum Gasteiger partial charge on any atom is -0.330 e. The van der Waals surface area contributed by atoms with Crippen molar-refractivity contribution in [1.82, 2.24) is 0 Å². The van der Waals surface area contributed by atoms with Crippen molar-refractivity contribution in [2.75, 3.05) is 18.5 Å². The Morgan fingerprint density at radius 2 is 2.18 bits per heavy atom. The van der Waals surface area contributed by atoms with Crippen LogP contribution in [0.2, 0.25) is 0 Å². The standard InChI is InChI=1S/C13H19BrN2O/c1-9(8-15)6-13(17)16(3)12-7-11(14)5-4-10(12)2/h4-5,7,9H,6,8,15H2,1-3H3. The lowest BCUT2D eigenvalue weighted by atomic mass is 10.1. The molecule has 0 fully saturated rings. The molecule has 0 spiro atoms. The second kappa shape index (κ2) is 6.17. The molecule has 0 heterocycles. The fraction of sp³-hybridized carbons (Fsp3) is 0.462. The maximum Gasteiger partial charge on any atom is 0.227 e. The van der Waals surface area contributed by atoms with E-state index in [1.165, 1.54) is 0 Å². The largest absolute Gasteiger partial charge is 0.330 e. The van der Waals surface area contributed by atoms with Crippen LogP contribution in [0.5, 0.6) is 0 Å². The number of hydrogen-bond acceptors (Lipinski definition) is 2. The van der Waals surface area contributed by atoms with Crippen molar-refractivity contribution in [3.63, 3.8) is 0 Å². The highest BCUT2D eigenvalue weighted by Gasteiger charge is 2.15. The summed E-state index contributed by atoms with van der Waals surface area (Å²) < 4.78 is 0.977. The molecule has 1 aromatic rings. The van der Waals surface area contributed by atoms with Crippen molar-refractivity contribution in [1.29, 1.82) is 0 Å². The van der Waals surface area contributed by atoms with Crippen LogP contribution in [0.15, 0.2) is 22.7 Å². The van der Waals surface area contributed by atoms with Gasteiger partial charge in [0.15, 0.2) is 0 Å². The number of rotatable bonds is 4. The van der Waals surface area contributed by atoms with Gasteiger partial charge in [0.05, 0.1) is 0 Å².